The summed E-state index contributed by atoms with van der Waals surface area (Å²) in [7, 11) is 3.85. The maximum Gasteiger partial charge on any atom is 0.122 e. The first-order valence-corrected chi connectivity index (χ1v) is 7.88. The maximum atomic E-state index is 10.5. The molecule has 21 heavy (non-hydrogen) atoms. The molecule has 1 aromatic carbocycles. The fraction of sp³-hybridized carbons (Fsp3) is 0.667. The van der Waals surface area contributed by atoms with Crippen LogP contribution in [0.2, 0.25) is 0 Å². The molecule has 2 rings (SSSR count). The second kappa shape index (κ2) is 6.37. The van der Waals surface area contributed by atoms with Crippen LogP contribution < -0.4 is 4.74 Å². The quantitative estimate of drug-likeness (QED) is 0.905. The van der Waals surface area contributed by atoms with Gasteiger partial charge in [0.1, 0.15) is 5.75 Å². The van der Waals surface area contributed by atoms with Crippen LogP contribution in [0.25, 0.3) is 0 Å². The van der Waals surface area contributed by atoms with Crippen LogP contribution in [0.15, 0.2) is 24.3 Å². The Morgan fingerprint density at radius 2 is 2.05 bits per heavy atom. The minimum atomic E-state index is -0.248. The van der Waals surface area contributed by atoms with E-state index in [0.29, 0.717) is 6.04 Å². The second-order valence-corrected chi connectivity index (χ2v) is 7.07. The van der Waals surface area contributed by atoms with Crippen LogP contribution >= 0.6 is 0 Å². The number of aliphatic hydroxyl groups excluding tert-OH is 1. The number of rotatable bonds is 5. The topological polar surface area (TPSA) is 32.7 Å². The highest BCUT2D eigenvalue weighted by Crippen LogP contribution is 2.40. The van der Waals surface area contributed by atoms with Crippen molar-refractivity contribution in [3.05, 3.63) is 29.8 Å². The van der Waals surface area contributed by atoms with E-state index in [1.807, 2.05) is 12.1 Å². The van der Waals surface area contributed by atoms with E-state index in [4.69, 9.17) is 4.74 Å². The molecule has 0 aromatic heterocycles. The summed E-state index contributed by atoms with van der Waals surface area (Å²) in [5, 5.41) is 10.5. The number of ether oxygens (including phenoxy) is 1. The summed E-state index contributed by atoms with van der Waals surface area (Å²) in [6, 6.07) is 8.81. The molecular formula is C18H29NO2. The highest BCUT2D eigenvalue weighted by molar-refractivity contribution is 5.33. The monoisotopic (exact) mass is 291 g/mol. The van der Waals surface area contributed by atoms with Crippen LogP contribution in [0.1, 0.15) is 39.2 Å². The molecule has 118 valence electrons. The van der Waals surface area contributed by atoms with Gasteiger partial charge in [0.2, 0.25) is 0 Å². The molecule has 3 nitrogen and oxygen atoms in total. The summed E-state index contributed by atoms with van der Waals surface area (Å²) in [6.45, 7) is 6.55. The van der Waals surface area contributed by atoms with Crippen LogP contribution in [0, 0.1) is 5.41 Å². The molecule has 0 radical (unpaired) electrons. The van der Waals surface area contributed by atoms with Crippen LogP contribution in [0.5, 0.6) is 5.75 Å². The average molecular weight is 291 g/mol. The van der Waals surface area contributed by atoms with Crippen molar-refractivity contribution in [2.24, 2.45) is 5.41 Å². The standard InChI is InChI=1S/C18H29NO2/c1-13(12-14-8-6-7-9-16(14)21-5)19(4)15-10-11-18(2,3)17(15)20/h6-9,13,15,17,20H,10-12H2,1-5H3. The Morgan fingerprint density at radius 3 is 2.62 bits per heavy atom. The zero-order valence-corrected chi connectivity index (χ0v) is 14.0. The summed E-state index contributed by atoms with van der Waals surface area (Å²) in [4.78, 5) is 2.34. The fourth-order valence-corrected chi connectivity index (χ4v) is 3.43. The molecule has 1 saturated carbocycles. The van der Waals surface area contributed by atoms with Gasteiger partial charge in [-0.05, 0) is 50.3 Å². The largest absolute Gasteiger partial charge is 0.496 e. The summed E-state index contributed by atoms with van der Waals surface area (Å²) in [6.07, 6.45) is 2.85. The Balaban J connectivity index is 2.05. The van der Waals surface area contributed by atoms with Crippen molar-refractivity contribution in [2.75, 3.05) is 14.2 Å². The zero-order valence-electron chi connectivity index (χ0n) is 14.0. The highest BCUT2D eigenvalue weighted by atomic mass is 16.5. The zero-order chi connectivity index (χ0) is 15.6. The van der Waals surface area contributed by atoms with Crippen LogP contribution in [-0.4, -0.2) is 42.4 Å². The molecule has 3 atom stereocenters. The van der Waals surface area contributed by atoms with Crippen molar-refractivity contribution in [3.8, 4) is 5.75 Å². The van der Waals surface area contributed by atoms with Gasteiger partial charge in [0.05, 0.1) is 13.2 Å². The molecule has 0 aliphatic heterocycles. The van der Waals surface area contributed by atoms with Crippen molar-refractivity contribution in [1.29, 1.82) is 0 Å². The van der Waals surface area contributed by atoms with Crippen molar-refractivity contribution in [3.63, 3.8) is 0 Å². The van der Waals surface area contributed by atoms with Gasteiger partial charge in [0.25, 0.3) is 0 Å². The SMILES string of the molecule is COc1ccccc1CC(C)N(C)C1CCC(C)(C)C1O. The predicted molar refractivity (Wildman–Crippen MR) is 86.7 cm³/mol. The third-order valence-corrected chi connectivity index (χ3v) is 5.18. The lowest BCUT2D eigenvalue weighted by Gasteiger charge is -2.35. The molecule has 1 aromatic rings. The number of likely N-dealkylation sites (N-methyl/N-ethyl adjacent to an activating group) is 1. The molecule has 3 heteroatoms. The van der Waals surface area contributed by atoms with Crippen molar-refractivity contribution >= 4 is 0 Å². The van der Waals surface area contributed by atoms with E-state index < -0.39 is 0 Å². The highest BCUT2D eigenvalue weighted by Gasteiger charge is 2.43. The lowest BCUT2D eigenvalue weighted by molar-refractivity contribution is 0.0118. The normalized spacial score (nSPS) is 26.0. The van der Waals surface area contributed by atoms with Gasteiger partial charge in [-0.2, -0.15) is 0 Å². The number of para-hydroxylation sites is 1. The first-order valence-electron chi connectivity index (χ1n) is 7.88. The lowest BCUT2D eigenvalue weighted by atomic mass is 9.88. The number of hydrogen-bond donors (Lipinski definition) is 1. The van der Waals surface area contributed by atoms with Gasteiger partial charge in [0.15, 0.2) is 0 Å². The Morgan fingerprint density at radius 1 is 1.38 bits per heavy atom. The average Bonchev–Trinajstić information content (AvgIpc) is 2.73. The molecule has 0 heterocycles. The minimum absolute atomic E-state index is 0.0308. The van der Waals surface area contributed by atoms with Gasteiger partial charge < -0.3 is 9.84 Å². The van der Waals surface area contributed by atoms with Crippen molar-refractivity contribution < 1.29 is 9.84 Å². The number of hydrogen-bond acceptors (Lipinski definition) is 3. The van der Waals surface area contributed by atoms with Crippen LogP contribution in [-0.2, 0) is 6.42 Å². The van der Waals surface area contributed by atoms with Gasteiger partial charge in [-0.25, -0.2) is 0 Å². The predicted octanol–water partition coefficient (Wildman–Crippen LogP) is 3.11. The summed E-state index contributed by atoms with van der Waals surface area (Å²) in [5.41, 5.74) is 1.26. The van der Waals surface area contributed by atoms with E-state index in [0.717, 1.165) is 25.0 Å². The van der Waals surface area contributed by atoms with Crippen molar-refractivity contribution in [1.82, 2.24) is 4.90 Å². The van der Waals surface area contributed by atoms with E-state index >= 15 is 0 Å². The van der Waals surface area contributed by atoms with Gasteiger partial charge >= 0.3 is 0 Å². The molecule has 1 fully saturated rings. The van der Waals surface area contributed by atoms with Gasteiger partial charge in [-0.3, -0.25) is 4.90 Å². The van der Waals surface area contributed by atoms with E-state index in [9.17, 15) is 5.11 Å². The number of benzene rings is 1. The molecule has 1 aliphatic carbocycles. The van der Waals surface area contributed by atoms with Crippen LogP contribution in [0.4, 0.5) is 0 Å². The van der Waals surface area contributed by atoms with E-state index in [1.165, 1.54) is 5.56 Å². The van der Waals surface area contributed by atoms with Gasteiger partial charge in [0, 0.05) is 12.1 Å². The van der Waals surface area contributed by atoms with Gasteiger partial charge in [-0.15, -0.1) is 0 Å². The Kier molecular flexibility index (Phi) is 4.95. The summed E-state index contributed by atoms with van der Waals surface area (Å²) >= 11 is 0. The summed E-state index contributed by atoms with van der Waals surface area (Å²) in [5.74, 6) is 0.949. The molecule has 3 unspecified atom stereocenters. The molecule has 1 aliphatic rings. The molecule has 1 N–H and O–H groups in total. The minimum Gasteiger partial charge on any atom is -0.496 e. The van der Waals surface area contributed by atoms with Crippen LogP contribution in [0.3, 0.4) is 0 Å². The Labute approximate surface area is 128 Å². The summed E-state index contributed by atoms with van der Waals surface area (Å²) < 4.78 is 5.44. The first kappa shape index (κ1) is 16.3. The fourth-order valence-electron chi connectivity index (χ4n) is 3.43. The number of nitrogens with zero attached hydrogens (tertiary/aromatic N) is 1. The van der Waals surface area contributed by atoms with E-state index in [-0.39, 0.29) is 17.6 Å². The van der Waals surface area contributed by atoms with E-state index in [2.05, 4.69) is 44.9 Å². The number of methoxy groups -OCH3 is 1. The molecule has 0 bridgehead atoms. The second-order valence-electron chi connectivity index (χ2n) is 7.07. The Hall–Kier alpha value is -1.06. The maximum absolute atomic E-state index is 10.5. The number of aliphatic hydroxyl groups is 1. The van der Waals surface area contributed by atoms with Gasteiger partial charge in [-0.1, -0.05) is 32.0 Å². The Bertz CT molecular complexity index is 472. The molecule has 0 saturated heterocycles. The molecule has 0 amide bonds. The van der Waals surface area contributed by atoms with Crippen molar-refractivity contribution in [2.45, 2.75) is 58.2 Å². The first-order chi connectivity index (χ1) is 9.86. The molecular weight excluding hydrogens is 262 g/mol. The lowest BCUT2D eigenvalue weighted by Crippen LogP contribution is -2.46. The van der Waals surface area contributed by atoms with E-state index in [1.54, 1.807) is 7.11 Å². The smallest absolute Gasteiger partial charge is 0.122 e. The molecule has 0 spiro atoms. The third kappa shape index (κ3) is 3.41. The third-order valence-electron chi connectivity index (χ3n) is 5.18.